The van der Waals surface area contributed by atoms with Crippen molar-refractivity contribution in [3.8, 4) is 11.3 Å². The summed E-state index contributed by atoms with van der Waals surface area (Å²) in [5, 5.41) is 3.73. The van der Waals surface area contributed by atoms with Crippen molar-refractivity contribution in [3.63, 3.8) is 0 Å². The van der Waals surface area contributed by atoms with Crippen LogP contribution >= 0.6 is 11.6 Å². The molecule has 0 amide bonds. The van der Waals surface area contributed by atoms with Crippen molar-refractivity contribution in [3.05, 3.63) is 47.9 Å². The van der Waals surface area contributed by atoms with Crippen LogP contribution in [-0.4, -0.2) is 21.4 Å². The van der Waals surface area contributed by atoms with Gasteiger partial charge in [0.05, 0.1) is 11.9 Å². The zero-order chi connectivity index (χ0) is 12.5. The van der Waals surface area contributed by atoms with Gasteiger partial charge in [-0.2, -0.15) is 0 Å². The van der Waals surface area contributed by atoms with Crippen LogP contribution in [0.15, 0.2) is 42.9 Å². The van der Waals surface area contributed by atoms with Crippen molar-refractivity contribution in [2.45, 2.75) is 0 Å². The van der Waals surface area contributed by atoms with Gasteiger partial charge in [-0.1, -0.05) is 29.8 Å². The fourth-order valence-electron chi connectivity index (χ4n) is 1.96. The maximum atomic E-state index is 6.22. The molecule has 0 radical (unpaired) electrons. The lowest BCUT2D eigenvalue weighted by Gasteiger charge is -2.05. The van der Waals surface area contributed by atoms with Gasteiger partial charge in [0.1, 0.15) is 0 Å². The van der Waals surface area contributed by atoms with E-state index in [4.69, 9.17) is 11.6 Å². The molecule has 0 saturated heterocycles. The Morgan fingerprint density at radius 1 is 1.22 bits per heavy atom. The Kier molecular flexibility index (Phi) is 2.64. The van der Waals surface area contributed by atoms with E-state index in [-0.39, 0.29) is 0 Å². The van der Waals surface area contributed by atoms with Crippen LogP contribution in [0, 0.1) is 0 Å². The van der Waals surface area contributed by atoms with Crippen LogP contribution in [0.25, 0.3) is 16.9 Å². The predicted octanol–water partition coefficient (Wildman–Crippen LogP) is 3.09. The monoisotopic (exact) mass is 258 g/mol. The number of hydrogen-bond donors (Lipinski definition) is 1. The van der Waals surface area contributed by atoms with Gasteiger partial charge in [-0.15, -0.1) is 0 Å². The highest BCUT2D eigenvalue weighted by Crippen LogP contribution is 2.28. The number of fused-ring (bicyclic) bond motifs is 1. The average Bonchev–Trinajstić information content (AvgIpc) is 2.83. The normalized spacial score (nSPS) is 10.8. The Labute approximate surface area is 109 Å². The number of aromatic nitrogens is 3. The molecule has 0 aliphatic carbocycles. The van der Waals surface area contributed by atoms with E-state index >= 15 is 0 Å². The summed E-state index contributed by atoms with van der Waals surface area (Å²) in [5.74, 6) is 0.746. The van der Waals surface area contributed by atoms with Crippen LogP contribution in [0.2, 0.25) is 5.02 Å². The highest BCUT2D eigenvalue weighted by atomic mass is 35.5. The second-order valence-corrected chi connectivity index (χ2v) is 4.25. The van der Waals surface area contributed by atoms with E-state index < -0.39 is 0 Å². The molecule has 0 unspecified atom stereocenters. The quantitative estimate of drug-likeness (QED) is 0.768. The average molecular weight is 259 g/mol. The summed E-state index contributed by atoms with van der Waals surface area (Å²) in [6.45, 7) is 0. The van der Waals surface area contributed by atoms with Crippen LogP contribution in [0.4, 0.5) is 5.82 Å². The third-order valence-corrected chi connectivity index (χ3v) is 3.14. The molecular weight excluding hydrogens is 248 g/mol. The molecule has 2 heterocycles. The number of nitrogens with zero attached hydrogens (tertiary/aromatic N) is 3. The Morgan fingerprint density at radius 2 is 2.06 bits per heavy atom. The first-order valence-corrected chi connectivity index (χ1v) is 5.94. The van der Waals surface area contributed by atoms with Gasteiger partial charge in [0.25, 0.3) is 0 Å². The fourth-order valence-corrected chi connectivity index (χ4v) is 2.20. The molecule has 5 heteroatoms. The van der Waals surface area contributed by atoms with Gasteiger partial charge in [0.15, 0.2) is 11.5 Å². The van der Waals surface area contributed by atoms with Gasteiger partial charge in [0.2, 0.25) is 0 Å². The van der Waals surface area contributed by atoms with Crippen molar-refractivity contribution in [1.29, 1.82) is 0 Å². The number of hydrogen-bond acceptors (Lipinski definition) is 3. The number of halogens is 1. The Morgan fingerprint density at radius 3 is 2.83 bits per heavy atom. The maximum absolute atomic E-state index is 6.22. The molecule has 0 bridgehead atoms. The minimum Gasteiger partial charge on any atom is -0.370 e. The molecule has 1 aromatic carbocycles. The summed E-state index contributed by atoms with van der Waals surface area (Å²) in [5.41, 5.74) is 2.70. The Bertz CT molecular complexity index is 705. The van der Waals surface area contributed by atoms with Gasteiger partial charge in [-0.3, -0.25) is 4.40 Å². The largest absolute Gasteiger partial charge is 0.370 e. The van der Waals surface area contributed by atoms with Crippen molar-refractivity contribution in [1.82, 2.24) is 14.4 Å². The topological polar surface area (TPSA) is 42.2 Å². The van der Waals surface area contributed by atoms with E-state index in [1.807, 2.05) is 41.9 Å². The lowest BCUT2D eigenvalue weighted by Crippen LogP contribution is -1.97. The number of imidazole rings is 1. The molecule has 0 saturated carbocycles. The van der Waals surface area contributed by atoms with Crippen LogP contribution in [0.1, 0.15) is 0 Å². The minimum absolute atomic E-state index is 0.710. The summed E-state index contributed by atoms with van der Waals surface area (Å²) >= 11 is 6.22. The molecule has 0 fully saturated rings. The van der Waals surface area contributed by atoms with Crippen molar-refractivity contribution in [2.75, 3.05) is 12.4 Å². The standard InChI is InChI=1S/C13H11ClN4/c1-15-12-13-17-8-11(18(13)7-6-16-12)9-4-2-3-5-10(9)14/h2-8H,1H3,(H,15,16). The summed E-state index contributed by atoms with van der Waals surface area (Å²) in [4.78, 5) is 8.61. The SMILES string of the molecule is CNc1nccn2c(-c3ccccc3Cl)cnc12. The summed E-state index contributed by atoms with van der Waals surface area (Å²) in [6.07, 6.45) is 5.42. The second-order valence-electron chi connectivity index (χ2n) is 3.84. The van der Waals surface area contributed by atoms with Crippen LogP contribution in [0.5, 0.6) is 0 Å². The molecule has 18 heavy (non-hydrogen) atoms. The first-order chi connectivity index (χ1) is 8.81. The number of benzene rings is 1. The summed E-state index contributed by atoms with van der Waals surface area (Å²) < 4.78 is 1.97. The van der Waals surface area contributed by atoms with Crippen molar-refractivity contribution >= 4 is 23.1 Å². The Balaban J connectivity index is 2.29. The fraction of sp³-hybridized carbons (Fsp3) is 0.0769. The maximum Gasteiger partial charge on any atom is 0.180 e. The molecule has 3 aromatic rings. The molecule has 0 spiro atoms. The molecule has 3 rings (SSSR count). The molecule has 90 valence electrons. The molecule has 0 aliphatic rings. The number of rotatable bonds is 2. The molecule has 0 aliphatic heterocycles. The lowest BCUT2D eigenvalue weighted by molar-refractivity contribution is 1.13. The van der Waals surface area contributed by atoms with Gasteiger partial charge in [-0.05, 0) is 6.07 Å². The van der Waals surface area contributed by atoms with E-state index in [0.29, 0.717) is 5.02 Å². The molecular formula is C13H11ClN4. The van der Waals surface area contributed by atoms with E-state index in [1.54, 1.807) is 12.4 Å². The Hall–Kier alpha value is -2.07. The molecule has 2 aromatic heterocycles. The van der Waals surface area contributed by atoms with Crippen LogP contribution < -0.4 is 5.32 Å². The zero-order valence-corrected chi connectivity index (χ0v) is 10.5. The molecule has 1 N–H and O–H groups in total. The van der Waals surface area contributed by atoms with Gasteiger partial charge in [0, 0.05) is 30.0 Å². The summed E-state index contributed by atoms with van der Waals surface area (Å²) in [7, 11) is 1.83. The highest BCUT2D eigenvalue weighted by Gasteiger charge is 2.11. The number of anilines is 1. The first kappa shape index (κ1) is 11.0. The summed E-state index contributed by atoms with van der Waals surface area (Å²) in [6, 6.07) is 7.72. The lowest BCUT2D eigenvalue weighted by atomic mass is 10.2. The van der Waals surface area contributed by atoms with Gasteiger partial charge < -0.3 is 5.32 Å². The first-order valence-electron chi connectivity index (χ1n) is 5.56. The highest BCUT2D eigenvalue weighted by molar-refractivity contribution is 6.33. The third kappa shape index (κ3) is 1.62. The van der Waals surface area contributed by atoms with E-state index in [1.165, 1.54) is 0 Å². The predicted molar refractivity (Wildman–Crippen MR) is 73.0 cm³/mol. The second kappa shape index (κ2) is 4.31. The van der Waals surface area contributed by atoms with Crippen molar-refractivity contribution < 1.29 is 0 Å². The zero-order valence-electron chi connectivity index (χ0n) is 9.76. The minimum atomic E-state index is 0.710. The molecule has 0 atom stereocenters. The molecule has 4 nitrogen and oxygen atoms in total. The van der Waals surface area contributed by atoms with Gasteiger partial charge >= 0.3 is 0 Å². The van der Waals surface area contributed by atoms with E-state index in [9.17, 15) is 0 Å². The van der Waals surface area contributed by atoms with Crippen LogP contribution in [0.3, 0.4) is 0 Å². The number of nitrogens with one attached hydrogen (secondary N) is 1. The van der Waals surface area contributed by atoms with E-state index in [0.717, 1.165) is 22.7 Å². The van der Waals surface area contributed by atoms with Gasteiger partial charge in [-0.25, -0.2) is 9.97 Å². The smallest absolute Gasteiger partial charge is 0.180 e. The van der Waals surface area contributed by atoms with E-state index in [2.05, 4.69) is 15.3 Å². The third-order valence-electron chi connectivity index (χ3n) is 2.81. The van der Waals surface area contributed by atoms with Crippen LogP contribution in [-0.2, 0) is 0 Å². The van der Waals surface area contributed by atoms with Crippen molar-refractivity contribution in [2.24, 2.45) is 0 Å².